The van der Waals surface area contributed by atoms with Crippen molar-refractivity contribution >= 4 is 43.9 Å². The predicted molar refractivity (Wildman–Crippen MR) is 167 cm³/mol. The standard InChI is InChI=1S/C35H27N3S/c1-3-31(25-13-7-4-8-14-25)37-34(26-15-9-5-10-16-26)36-24(2)28-19-21-30-29(23-28)20-22-32-33(30)38-35(39-32)27-17-11-6-12-18-27/h3-23,31H,1-2H2,(H,36,37). The first-order valence-electron chi connectivity index (χ1n) is 12.9. The third-order valence-corrected chi connectivity index (χ3v) is 7.78. The Bertz CT molecular complexity index is 1800. The number of amidine groups is 1. The molecule has 0 radical (unpaired) electrons. The average molecular weight is 522 g/mol. The summed E-state index contributed by atoms with van der Waals surface area (Å²) in [6.45, 7) is 8.40. The summed E-state index contributed by atoms with van der Waals surface area (Å²) in [5.41, 5.74) is 5.92. The van der Waals surface area contributed by atoms with Gasteiger partial charge in [0.15, 0.2) is 0 Å². The maximum atomic E-state index is 4.99. The van der Waals surface area contributed by atoms with Gasteiger partial charge in [0.25, 0.3) is 0 Å². The number of benzene rings is 5. The third kappa shape index (κ3) is 5.15. The van der Waals surface area contributed by atoms with Crippen molar-refractivity contribution < 1.29 is 0 Å². The molecule has 0 amide bonds. The van der Waals surface area contributed by atoms with Gasteiger partial charge in [-0.15, -0.1) is 17.9 Å². The number of aromatic nitrogens is 1. The van der Waals surface area contributed by atoms with E-state index in [-0.39, 0.29) is 6.04 Å². The molecule has 0 aliphatic rings. The number of nitrogens with one attached hydrogen (secondary N) is 1. The van der Waals surface area contributed by atoms with E-state index in [4.69, 9.17) is 9.98 Å². The quantitative estimate of drug-likeness (QED) is 0.129. The summed E-state index contributed by atoms with van der Waals surface area (Å²) < 4.78 is 1.18. The molecule has 1 N–H and O–H groups in total. The number of fused-ring (bicyclic) bond motifs is 3. The van der Waals surface area contributed by atoms with Gasteiger partial charge in [-0.3, -0.25) is 0 Å². The van der Waals surface area contributed by atoms with Gasteiger partial charge in [0, 0.05) is 22.1 Å². The summed E-state index contributed by atoms with van der Waals surface area (Å²) in [5.74, 6) is 0.747. The van der Waals surface area contributed by atoms with Crippen LogP contribution in [0.15, 0.2) is 146 Å². The van der Waals surface area contributed by atoms with Crippen LogP contribution < -0.4 is 5.32 Å². The molecule has 0 bridgehead atoms. The van der Waals surface area contributed by atoms with Crippen LogP contribution in [0.3, 0.4) is 0 Å². The first-order valence-corrected chi connectivity index (χ1v) is 13.7. The van der Waals surface area contributed by atoms with E-state index >= 15 is 0 Å². The zero-order valence-corrected chi connectivity index (χ0v) is 22.2. The molecule has 0 saturated heterocycles. The Kier molecular flexibility index (Phi) is 6.86. The lowest BCUT2D eigenvalue weighted by Gasteiger charge is -2.19. The molecule has 0 aliphatic heterocycles. The van der Waals surface area contributed by atoms with E-state index in [1.165, 1.54) is 4.70 Å². The van der Waals surface area contributed by atoms with Gasteiger partial charge < -0.3 is 5.32 Å². The van der Waals surface area contributed by atoms with E-state index in [9.17, 15) is 0 Å². The summed E-state index contributed by atoms with van der Waals surface area (Å²) in [4.78, 5) is 9.99. The second-order valence-electron chi connectivity index (χ2n) is 9.27. The summed E-state index contributed by atoms with van der Waals surface area (Å²) >= 11 is 1.72. The monoisotopic (exact) mass is 521 g/mol. The van der Waals surface area contributed by atoms with Crippen LogP contribution in [0, 0.1) is 0 Å². The summed E-state index contributed by atoms with van der Waals surface area (Å²) in [6.07, 6.45) is 1.90. The van der Waals surface area contributed by atoms with Gasteiger partial charge >= 0.3 is 0 Å². The Labute approximate surface area is 232 Å². The molecule has 6 aromatic rings. The fraction of sp³-hybridized carbons (Fsp3) is 0.0286. The molecule has 1 atom stereocenters. The second-order valence-corrected chi connectivity index (χ2v) is 10.3. The number of hydrogen-bond acceptors (Lipinski definition) is 3. The SMILES string of the molecule is C=CC(N/C(=N\C(=C)c1ccc2c(ccc3sc(-c4ccccc4)nc32)c1)c1ccccc1)c1ccccc1. The van der Waals surface area contributed by atoms with E-state index in [2.05, 4.69) is 73.1 Å². The van der Waals surface area contributed by atoms with Crippen molar-refractivity contribution in [1.29, 1.82) is 0 Å². The van der Waals surface area contributed by atoms with Gasteiger partial charge in [-0.1, -0.05) is 122 Å². The molecule has 0 fully saturated rings. The Hall–Kier alpha value is -4.80. The van der Waals surface area contributed by atoms with Crippen molar-refractivity contribution in [2.24, 2.45) is 4.99 Å². The van der Waals surface area contributed by atoms with Crippen LogP contribution >= 0.6 is 11.3 Å². The van der Waals surface area contributed by atoms with Crippen LogP contribution in [-0.2, 0) is 0 Å². The molecular formula is C35H27N3S. The molecule has 0 spiro atoms. The van der Waals surface area contributed by atoms with Crippen LogP contribution in [0.4, 0.5) is 0 Å². The van der Waals surface area contributed by atoms with Gasteiger partial charge in [-0.05, 0) is 23.1 Å². The Balaban J connectivity index is 1.36. The largest absolute Gasteiger partial charge is 0.359 e. The maximum absolute atomic E-state index is 4.99. The van der Waals surface area contributed by atoms with E-state index in [0.29, 0.717) is 5.70 Å². The third-order valence-electron chi connectivity index (χ3n) is 6.71. The fourth-order valence-corrected chi connectivity index (χ4v) is 5.65. The minimum Gasteiger partial charge on any atom is -0.359 e. The van der Waals surface area contributed by atoms with Crippen molar-refractivity contribution in [3.8, 4) is 10.6 Å². The zero-order valence-electron chi connectivity index (χ0n) is 21.4. The molecule has 1 aromatic heterocycles. The lowest BCUT2D eigenvalue weighted by atomic mass is 10.0. The van der Waals surface area contributed by atoms with Crippen LogP contribution in [0.5, 0.6) is 0 Å². The summed E-state index contributed by atoms with van der Waals surface area (Å²) in [6, 6.07) is 41.3. The van der Waals surface area contributed by atoms with Gasteiger partial charge in [-0.2, -0.15) is 0 Å². The van der Waals surface area contributed by atoms with Gasteiger partial charge in [0.1, 0.15) is 10.8 Å². The van der Waals surface area contributed by atoms with E-state index in [0.717, 1.165) is 49.4 Å². The normalized spacial score (nSPS) is 12.4. The molecule has 188 valence electrons. The van der Waals surface area contributed by atoms with Crippen LogP contribution in [0.25, 0.3) is 37.3 Å². The molecule has 0 aliphatic carbocycles. The Morgan fingerprint density at radius 3 is 2.21 bits per heavy atom. The Morgan fingerprint density at radius 2 is 1.49 bits per heavy atom. The summed E-state index contributed by atoms with van der Waals surface area (Å²) in [7, 11) is 0. The van der Waals surface area contributed by atoms with E-state index < -0.39 is 0 Å². The van der Waals surface area contributed by atoms with E-state index in [1.807, 2.05) is 72.8 Å². The molecule has 5 aromatic carbocycles. The van der Waals surface area contributed by atoms with Crippen molar-refractivity contribution in [3.05, 3.63) is 157 Å². The van der Waals surface area contributed by atoms with Crippen molar-refractivity contribution in [2.75, 3.05) is 0 Å². The second kappa shape index (κ2) is 10.9. The number of nitrogens with zero attached hydrogens (tertiary/aromatic N) is 2. The molecule has 1 heterocycles. The minimum atomic E-state index is -0.0914. The molecular weight excluding hydrogens is 494 g/mol. The predicted octanol–water partition coefficient (Wildman–Crippen LogP) is 9.05. The molecule has 4 heteroatoms. The highest BCUT2D eigenvalue weighted by Crippen LogP contribution is 2.35. The van der Waals surface area contributed by atoms with Gasteiger partial charge in [0.05, 0.1) is 22.0 Å². The lowest BCUT2D eigenvalue weighted by molar-refractivity contribution is 0.793. The maximum Gasteiger partial charge on any atom is 0.134 e. The van der Waals surface area contributed by atoms with Gasteiger partial charge in [0.2, 0.25) is 0 Å². The lowest BCUT2D eigenvalue weighted by Crippen LogP contribution is -2.28. The fourth-order valence-electron chi connectivity index (χ4n) is 4.67. The zero-order chi connectivity index (χ0) is 26.6. The molecule has 6 rings (SSSR count). The highest BCUT2D eigenvalue weighted by molar-refractivity contribution is 7.21. The van der Waals surface area contributed by atoms with Crippen molar-refractivity contribution in [3.63, 3.8) is 0 Å². The smallest absolute Gasteiger partial charge is 0.134 e. The van der Waals surface area contributed by atoms with E-state index in [1.54, 1.807) is 11.3 Å². The van der Waals surface area contributed by atoms with Crippen LogP contribution in [0.1, 0.15) is 22.7 Å². The first kappa shape index (κ1) is 24.5. The average Bonchev–Trinajstić information content (AvgIpc) is 3.45. The number of rotatable bonds is 7. The highest BCUT2D eigenvalue weighted by atomic mass is 32.1. The molecule has 39 heavy (non-hydrogen) atoms. The van der Waals surface area contributed by atoms with Crippen molar-refractivity contribution in [1.82, 2.24) is 10.3 Å². The molecule has 1 unspecified atom stereocenters. The highest BCUT2D eigenvalue weighted by Gasteiger charge is 2.14. The number of hydrogen-bond donors (Lipinski definition) is 1. The van der Waals surface area contributed by atoms with Crippen LogP contribution in [0.2, 0.25) is 0 Å². The topological polar surface area (TPSA) is 37.3 Å². The number of aliphatic imine (C=N–C) groups is 1. The summed E-state index contributed by atoms with van der Waals surface area (Å²) in [5, 5.41) is 6.85. The number of thiazole rings is 1. The minimum absolute atomic E-state index is 0.0914. The van der Waals surface area contributed by atoms with Crippen molar-refractivity contribution in [2.45, 2.75) is 6.04 Å². The van der Waals surface area contributed by atoms with Crippen LogP contribution in [-0.4, -0.2) is 10.8 Å². The Morgan fingerprint density at radius 1 is 0.795 bits per heavy atom. The van der Waals surface area contributed by atoms with Gasteiger partial charge in [-0.25, -0.2) is 9.98 Å². The molecule has 3 nitrogen and oxygen atoms in total. The first-order chi connectivity index (χ1) is 19.2. The molecule has 0 saturated carbocycles.